The van der Waals surface area contributed by atoms with Gasteiger partial charge >= 0.3 is 0 Å². The van der Waals surface area contributed by atoms with Crippen LogP contribution in [0.4, 0.5) is 11.4 Å². The Bertz CT molecular complexity index is 1160. The van der Waals surface area contributed by atoms with Gasteiger partial charge in [0.2, 0.25) is 5.91 Å². The molecule has 0 aliphatic heterocycles. The maximum atomic E-state index is 12.6. The summed E-state index contributed by atoms with van der Waals surface area (Å²) < 4.78 is 8.20. The van der Waals surface area contributed by atoms with Crippen molar-refractivity contribution in [3.05, 3.63) is 83.6 Å². The fourth-order valence-corrected chi connectivity index (χ4v) is 2.84. The van der Waals surface area contributed by atoms with Gasteiger partial charge in [0.05, 0.1) is 17.6 Å². The van der Waals surface area contributed by atoms with E-state index in [1.54, 1.807) is 18.2 Å². The smallest absolute Gasteiger partial charge is 0.290 e. The molecule has 1 amide bonds. The number of benzene rings is 1. The quantitative estimate of drug-likeness (QED) is 0.557. The molecule has 8 heteroatoms. The molecule has 4 aromatic rings. The van der Waals surface area contributed by atoms with Crippen molar-refractivity contribution in [2.24, 2.45) is 0 Å². The number of rotatable bonds is 5. The molecule has 0 aliphatic rings. The summed E-state index contributed by atoms with van der Waals surface area (Å²) in [6.07, 6.45) is 5.25. The number of nitrogens with one attached hydrogen (secondary N) is 1. The second-order valence-corrected chi connectivity index (χ2v) is 6.08. The van der Waals surface area contributed by atoms with Gasteiger partial charge in [-0.2, -0.15) is 5.10 Å². The lowest BCUT2D eigenvalue weighted by molar-refractivity contribution is -0.117. The van der Waals surface area contributed by atoms with E-state index in [0.717, 1.165) is 10.4 Å². The summed E-state index contributed by atoms with van der Waals surface area (Å²) >= 11 is 0. The fourth-order valence-electron chi connectivity index (χ4n) is 2.84. The molecule has 0 radical (unpaired) electrons. The third-order valence-electron chi connectivity index (χ3n) is 4.13. The van der Waals surface area contributed by atoms with Gasteiger partial charge in [-0.1, -0.05) is 12.1 Å². The van der Waals surface area contributed by atoms with Gasteiger partial charge < -0.3 is 20.0 Å². The minimum atomic E-state index is -0.538. The van der Waals surface area contributed by atoms with E-state index < -0.39 is 11.5 Å². The van der Waals surface area contributed by atoms with Gasteiger partial charge in [-0.25, -0.2) is 4.68 Å². The maximum Gasteiger partial charge on any atom is 0.290 e. The highest BCUT2D eigenvalue weighted by Crippen LogP contribution is 2.20. The van der Waals surface area contributed by atoms with Crippen LogP contribution in [0.25, 0.3) is 17.1 Å². The molecular weight excluding hydrogens is 358 g/mol. The third kappa shape index (κ3) is 3.43. The highest BCUT2D eigenvalue weighted by atomic mass is 16.3. The molecular formula is C20H17N5O3. The van der Waals surface area contributed by atoms with Gasteiger partial charge in [-0.15, -0.1) is 0 Å². The SMILES string of the molecule is Nc1cc(-c2ccco2)nn(CC(=O)Nc2ccccc2-n2cccc2)c1=O. The van der Waals surface area contributed by atoms with Crippen LogP contribution in [0.15, 0.2) is 82.5 Å². The van der Waals surface area contributed by atoms with Crippen molar-refractivity contribution in [2.75, 3.05) is 11.1 Å². The molecule has 3 N–H and O–H groups in total. The molecule has 0 fully saturated rings. The number of nitrogens with zero attached hydrogens (tertiary/aromatic N) is 3. The Kier molecular flexibility index (Phi) is 4.51. The Morgan fingerprint density at radius 3 is 2.64 bits per heavy atom. The summed E-state index contributed by atoms with van der Waals surface area (Å²) in [4.78, 5) is 24.9. The Labute approximate surface area is 159 Å². The molecule has 0 unspecified atom stereocenters. The average molecular weight is 375 g/mol. The number of aromatic nitrogens is 3. The number of nitrogens with two attached hydrogens (primary N) is 1. The van der Waals surface area contributed by atoms with Crippen LogP contribution in [0.3, 0.4) is 0 Å². The first-order chi connectivity index (χ1) is 13.6. The highest BCUT2D eigenvalue weighted by molar-refractivity contribution is 5.92. The Hall–Kier alpha value is -4.07. The number of furan rings is 1. The van der Waals surface area contributed by atoms with Crippen molar-refractivity contribution in [1.29, 1.82) is 0 Å². The van der Waals surface area contributed by atoms with Gasteiger partial charge in [-0.05, 0) is 42.5 Å². The number of hydrogen-bond donors (Lipinski definition) is 2. The minimum Gasteiger partial charge on any atom is -0.463 e. The summed E-state index contributed by atoms with van der Waals surface area (Å²) in [5.41, 5.74) is 7.05. The molecule has 140 valence electrons. The van der Waals surface area contributed by atoms with E-state index >= 15 is 0 Å². The standard InChI is InChI=1S/C20H17N5O3/c21-14-12-16(18-8-5-11-28-18)23-25(20(14)27)13-19(26)22-15-6-1-2-7-17(15)24-9-3-4-10-24/h1-12H,13,21H2,(H,22,26). The monoisotopic (exact) mass is 375 g/mol. The minimum absolute atomic E-state index is 0.0121. The third-order valence-corrected chi connectivity index (χ3v) is 4.13. The lowest BCUT2D eigenvalue weighted by Gasteiger charge is -2.13. The zero-order chi connectivity index (χ0) is 19.5. The predicted octanol–water partition coefficient (Wildman–Crippen LogP) is 2.51. The highest BCUT2D eigenvalue weighted by Gasteiger charge is 2.14. The Morgan fingerprint density at radius 2 is 1.89 bits per heavy atom. The second-order valence-electron chi connectivity index (χ2n) is 6.08. The molecule has 0 aliphatic carbocycles. The van der Waals surface area contributed by atoms with Crippen LogP contribution in [0.2, 0.25) is 0 Å². The molecule has 0 spiro atoms. The molecule has 0 saturated carbocycles. The van der Waals surface area contributed by atoms with Crippen molar-refractivity contribution >= 4 is 17.3 Å². The summed E-state index contributed by atoms with van der Waals surface area (Å²) in [7, 11) is 0. The zero-order valence-electron chi connectivity index (χ0n) is 14.8. The summed E-state index contributed by atoms with van der Waals surface area (Å²) in [6, 6.07) is 16.0. The first-order valence-corrected chi connectivity index (χ1v) is 8.55. The first-order valence-electron chi connectivity index (χ1n) is 8.55. The van der Waals surface area contributed by atoms with E-state index in [2.05, 4.69) is 10.4 Å². The molecule has 3 aromatic heterocycles. The Balaban J connectivity index is 1.60. The second kappa shape index (κ2) is 7.28. The van der Waals surface area contributed by atoms with Crippen LogP contribution in [0.1, 0.15) is 0 Å². The number of hydrogen-bond acceptors (Lipinski definition) is 5. The lowest BCUT2D eigenvalue weighted by atomic mass is 10.2. The van der Waals surface area contributed by atoms with Crippen LogP contribution < -0.4 is 16.6 Å². The van der Waals surface area contributed by atoms with Crippen molar-refractivity contribution in [3.8, 4) is 17.1 Å². The van der Waals surface area contributed by atoms with Gasteiger partial charge in [-0.3, -0.25) is 9.59 Å². The lowest BCUT2D eigenvalue weighted by Crippen LogP contribution is -2.31. The number of nitrogen functional groups attached to an aromatic ring is 1. The summed E-state index contributed by atoms with van der Waals surface area (Å²) in [6.45, 7) is -0.280. The van der Waals surface area contributed by atoms with Gasteiger partial charge in [0, 0.05) is 12.4 Å². The van der Waals surface area contributed by atoms with Crippen LogP contribution in [0, 0.1) is 0 Å². The first kappa shape index (κ1) is 17.3. The molecule has 0 atom stereocenters. The van der Waals surface area contributed by atoms with Crippen molar-refractivity contribution in [2.45, 2.75) is 6.54 Å². The van der Waals surface area contributed by atoms with E-state index in [1.807, 2.05) is 47.3 Å². The largest absolute Gasteiger partial charge is 0.463 e. The summed E-state index contributed by atoms with van der Waals surface area (Å²) in [5, 5.41) is 7.02. The Morgan fingerprint density at radius 1 is 1.11 bits per heavy atom. The van der Waals surface area contributed by atoms with E-state index in [-0.39, 0.29) is 12.2 Å². The molecule has 28 heavy (non-hydrogen) atoms. The number of carbonyl (C=O) groups excluding carboxylic acids is 1. The van der Waals surface area contributed by atoms with Gasteiger partial charge in [0.25, 0.3) is 5.56 Å². The van der Waals surface area contributed by atoms with Gasteiger partial charge in [0.1, 0.15) is 17.9 Å². The number of carbonyl (C=O) groups is 1. The maximum absolute atomic E-state index is 12.6. The number of anilines is 2. The number of amides is 1. The molecule has 1 aromatic carbocycles. The fraction of sp³-hybridized carbons (Fsp3) is 0.0500. The van der Waals surface area contributed by atoms with Crippen LogP contribution in [-0.2, 0) is 11.3 Å². The van der Waals surface area contributed by atoms with E-state index in [9.17, 15) is 9.59 Å². The van der Waals surface area contributed by atoms with Crippen LogP contribution in [0.5, 0.6) is 0 Å². The molecule has 0 bridgehead atoms. The average Bonchev–Trinajstić information content (AvgIpc) is 3.39. The van der Waals surface area contributed by atoms with Gasteiger partial charge in [0.15, 0.2) is 5.76 Å². The van der Waals surface area contributed by atoms with Crippen molar-refractivity contribution in [3.63, 3.8) is 0 Å². The molecule has 8 nitrogen and oxygen atoms in total. The molecule has 4 rings (SSSR count). The zero-order valence-corrected chi connectivity index (χ0v) is 14.8. The molecule has 3 heterocycles. The van der Waals surface area contributed by atoms with Crippen molar-refractivity contribution < 1.29 is 9.21 Å². The topological polar surface area (TPSA) is 108 Å². The summed E-state index contributed by atoms with van der Waals surface area (Å²) in [5.74, 6) is 0.0593. The predicted molar refractivity (Wildman–Crippen MR) is 105 cm³/mol. The van der Waals surface area contributed by atoms with E-state index in [0.29, 0.717) is 17.1 Å². The van der Waals surface area contributed by atoms with E-state index in [1.165, 1.54) is 12.3 Å². The van der Waals surface area contributed by atoms with E-state index in [4.69, 9.17) is 10.2 Å². The van der Waals surface area contributed by atoms with Crippen LogP contribution in [-0.4, -0.2) is 20.3 Å². The van der Waals surface area contributed by atoms with Crippen molar-refractivity contribution in [1.82, 2.24) is 14.3 Å². The normalized spacial score (nSPS) is 10.7. The van der Waals surface area contributed by atoms with Crippen LogP contribution >= 0.6 is 0 Å². The number of para-hydroxylation sites is 2. The molecule has 0 saturated heterocycles.